The lowest BCUT2D eigenvalue weighted by Crippen LogP contribution is -2.36. The van der Waals surface area contributed by atoms with E-state index in [1.165, 1.54) is 12.1 Å². The molecule has 7 heteroatoms. The van der Waals surface area contributed by atoms with Crippen LogP contribution in [0.1, 0.15) is 32.3 Å². The van der Waals surface area contributed by atoms with Crippen molar-refractivity contribution >= 4 is 17.8 Å². The second-order valence-corrected chi connectivity index (χ2v) is 6.46. The predicted octanol–water partition coefficient (Wildman–Crippen LogP) is 4.31. The normalized spacial score (nSPS) is 10.8. The summed E-state index contributed by atoms with van der Waals surface area (Å²) in [5.74, 6) is 0.675. The summed E-state index contributed by atoms with van der Waals surface area (Å²) in [6.45, 7) is 5.51. The third-order valence-electron chi connectivity index (χ3n) is 4.13. The van der Waals surface area contributed by atoms with Crippen LogP contribution in [-0.2, 0) is 4.79 Å². The zero-order valence-corrected chi connectivity index (χ0v) is 17.2. The number of benzene rings is 2. The highest BCUT2D eigenvalue weighted by Gasteiger charge is 2.14. The van der Waals surface area contributed by atoms with E-state index in [0.29, 0.717) is 17.2 Å². The Kier molecular flexibility index (Phi) is 8.95. The molecule has 0 unspecified atom stereocenters. The summed E-state index contributed by atoms with van der Waals surface area (Å²) in [4.78, 5) is 14.2. The molecule has 0 saturated carbocycles. The van der Waals surface area contributed by atoms with Gasteiger partial charge in [-0.15, -0.1) is 0 Å². The number of anilines is 1. The van der Waals surface area contributed by atoms with E-state index in [4.69, 9.17) is 9.47 Å². The molecule has 0 heterocycles. The molecule has 0 aliphatic rings. The minimum atomic E-state index is -0.300. The number of rotatable bonds is 11. The van der Waals surface area contributed by atoms with Crippen LogP contribution in [0.2, 0.25) is 0 Å². The summed E-state index contributed by atoms with van der Waals surface area (Å²) in [5, 5.41) is 4.13. The van der Waals surface area contributed by atoms with Crippen LogP contribution in [0.15, 0.2) is 47.6 Å². The first-order valence-corrected chi connectivity index (χ1v) is 9.70. The monoisotopic (exact) mass is 401 g/mol. The molecule has 0 aliphatic carbocycles. The molecule has 0 bridgehead atoms. The number of carbonyl (C=O) groups is 1. The van der Waals surface area contributed by atoms with Crippen molar-refractivity contribution in [2.75, 3.05) is 32.2 Å². The third-order valence-corrected chi connectivity index (χ3v) is 4.13. The number of halogens is 1. The Labute approximate surface area is 171 Å². The lowest BCUT2D eigenvalue weighted by Gasteiger charge is -2.21. The SMILES string of the molecule is CCCN(CCC)C(=O)COc1ccc(C=NNc2ccc(F)cc2)cc1OC. The highest BCUT2D eigenvalue weighted by atomic mass is 19.1. The van der Waals surface area contributed by atoms with Crippen LogP contribution in [-0.4, -0.2) is 43.8 Å². The molecule has 0 saturated heterocycles. The predicted molar refractivity (Wildman–Crippen MR) is 113 cm³/mol. The van der Waals surface area contributed by atoms with Gasteiger partial charge in [0.05, 0.1) is 19.0 Å². The van der Waals surface area contributed by atoms with Gasteiger partial charge in [-0.3, -0.25) is 10.2 Å². The van der Waals surface area contributed by atoms with E-state index in [1.54, 1.807) is 37.6 Å². The highest BCUT2D eigenvalue weighted by Crippen LogP contribution is 2.27. The molecule has 0 fully saturated rings. The number of carbonyl (C=O) groups excluding carboxylic acids is 1. The van der Waals surface area contributed by atoms with E-state index in [0.717, 1.165) is 31.5 Å². The number of hydrogen-bond donors (Lipinski definition) is 1. The van der Waals surface area contributed by atoms with Crippen LogP contribution in [0.4, 0.5) is 10.1 Å². The second-order valence-electron chi connectivity index (χ2n) is 6.46. The Morgan fingerprint density at radius 2 is 1.79 bits per heavy atom. The average molecular weight is 401 g/mol. The van der Waals surface area contributed by atoms with E-state index in [1.807, 2.05) is 24.8 Å². The molecule has 156 valence electrons. The highest BCUT2D eigenvalue weighted by molar-refractivity contribution is 5.82. The molecular formula is C22H28FN3O3. The number of hydrogen-bond acceptors (Lipinski definition) is 5. The molecule has 2 aromatic rings. The number of methoxy groups -OCH3 is 1. The molecule has 6 nitrogen and oxygen atoms in total. The van der Waals surface area contributed by atoms with Crippen molar-refractivity contribution in [2.45, 2.75) is 26.7 Å². The number of amides is 1. The van der Waals surface area contributed by atoms with Crippen molar-refractivity contribution in [3.63, 3.8) is 0 Å². The van der Waals surface area contributed by atoms with Crippen LogP contribution >= 0.6 is 0 Å². The minimum Gasteiger partial charge on any atom is -0.493 e. The van der Waals surface area contributed by atoms with Gasteiger partial charge >= 0.3 is 0 Å². The van der Waals surface area contributed by atoms with Crippen LogP contribution in [0, 0.1) is 5.82 Å². The quantitative estimate of drug-likeness (QED) is 0.450. The van der Waals surface area contributed by atoms with Gasteiger partial charge in [0.15, 0.2) is 18.1 Å². The Morgan fingerprint density at radius 1 is 1.10 bits per heavy atom. The van der Waals surface area contributed by atoms with Crippen molar-refractivity contribution in [2.24, 2.45) is 5.10 Å². The minimum absolute atomic E-state index is 0.0318. The maximum absolute atomic E-state index is 12.9. The van der Waals surface area contributed by atoms with Crippen LogP contribution in [0.5, 0.6) is 11.5 Å². The van der Waals surface area contributed by atoms with Gasteiger partial charge in [0.25, 0.3) is 5.91 Å². The molecule has 0 aromatic heterocycles. The molecule has 1 N–H and O–H groups in total. The lowest BCUT2D eigenvalue weighted by atomic mass is 10.2. The number of ether oxygens (including phenoxy) is 2. The smallest absolute Gasteiger partial charge is 0.260 e. The first kappa shape index (κ1) is 22.2. The van der Waals surface area contributed by atoms with Crippen molar-refractivity contribution in [1.29, 1.82) is 0 Å². The van der Waals surface area contributed by atoms with Gasteiger partial charge in [0.2, 0.25) is 0 Å². The van der Waals surface area contributed by atoms with Gasteiger partial charge in [-0.2, -0.15) is 5.10 Å². The molecule has 1 amide bonds. The fraction of sp³-hybridized carbons (Fsp3) is 0.364. The summed E-state index contributed by atoms with van der Waals surface area (Å²) < 4.78 is 24.0. The average Bonchev–Trinajstić information content (AvgIpc) is 2.73. The van der Waals surface area contributed by atoms with Crippen LogP contribution < -0.4 is 14.9 Å². The van der Waals surface area contributed by atoms with Gasteiger partial charge in [0, 0.05) is 13.1 Å². The number of nitrogens with zero attached hydrogens (tertiary/aromatic N) is 2. The van der Waals surface area contributed by atoms with Gasteiger partial charge in [-0.05, 0) is 60.9 Å². The van der Waals surface area contributed by atoms with Gasteiger partial charge in [-0.1, -0.05) is 13.8 Å². The third kappa shape index (κ3) is 7.10. The fourth-order valence-corrected chi connectivity index (χ4v) is 2.72. The van der Waals surface area contributed by atoms with Crippen LogP contribution in [0.25, 0.3) is 0 Å². The summed E-state index contributed by atoms with van der Waals surface area (Å²) >= 11 is 0. The molecule has 0 radical (unpaired) electrons. The maximum Gasteiger partial charge on any atom is 0.260 e. The zero-order chi connectivity index (χ0) is 21.1. The van der Waals surface area contributed by atoms with Gasteiger partial charge in [-0.25, -0.2) is 4.39 Å². The largest absolute Gasteiger partial charge is 0.493 e. The van der Waals surface area contributed by atoms with E-state index in [2.05, 4.69) is 10.5 Å². The first-order valence-electron chi connectivity index (χ1n) is 9.70. The lowest BCUT2D eigenvalue weighted by molar-refractivity contribution is -0.133. The first-order chi connectivity index (χ1) is 14.1. The van der Waals surface area contributed by atoms with Gasteiger partial charge < -0.3 is 14.4 Å². The summed E-state index contributed by atoms with van der Waals surface area (Å²) in [5.41, 5.74) is 4.29. The molecule has 0 atom stereocenters. The standard InChI is InChI=1S/C22H28FN3O3/c1-4-12-26(13-5-2)22(27)16-29-20-11-6-17(14-21(20)28-3)15-24-25-19-9-7-18(23)8-10-19/h6-11,14-15,25H,4-5,12-13,16H2,1-3H3. The van der Waals surface area contributed by atoms with Crippen LogP contribution in [0.3, 0.4) is 0 Å². The Balaban J connectivity index is 1.97. The number of hydrazone groups is 1. The fourth-order valence-electron chi connectivity index (χ4n) is 2.72. The number of nitrogens with one attached hydrogen (secondary N) is 1. The Hall–Kier alpha value is -3.09. The topological polar surface area (TPSA) is 63.2 Å². The van der Waals surface area contributed by atoms with Crippen molar-refractivity contribution in [3.8, 4) is 11.5 Å². The van der Waals surface area contributed by atoms with E-state index in [9.17, 15) is 9.18 Å². The van der Waals surface area contributed by atoms with E-state index < -0.39 is 0 Å². The maximum atomic E-state index is 12.9. The molecule has 29 heavy (non-hydrogen) atoms. The Bertz CT molecular complexity index is 803. The summed E-state index contributed by atoms with van der Waals surface area (Å²) in [6.07, 6.45) is 3.44. The van der Waals surface area contributed by atoms with Gasteiger partial charge in [0.1, 0.15) is 5.82 Å². The summed E-state index contributed by atoms with van der Waals surface area (Å²) in [7, 11) is 1.54. The van der Waals surface area contributed by atoms with Crippen molar-refractivity contribution in [3.05, 3.63) is 53.8 Å². The Morgan fingerprint density at radius 3 is 2.41 bits per heavy atom. The zero-order valence-electron chi connectivity index (χ0n) is 17.2. The molecule has 0 aliphatic heterocycles. The molecule has 0 spiro atoms. The van der Waals surface area contributed by atoms with Crippen molar-refractivity contribution < 1.29 is 18.7 Å². The molecule has 2 rings (SSSR count). The summed E-state index contributed by atoms with van der Waals surface area (Å²) in [6, 6.07) is 11.2. The molecule has 2 aromatic carbocycles. The van der Waals surface area contributed by atoms with E-state index in [-0.39, 0.29) is 18.3 Å². The second kappa shape index (κ2) is 11.7. The molecular weight excluding hydrogens is 373 g/mol. The van der Waals surface area contributed by atoms with Crippen molar-refractivity contribution in [1.82, 2.24) is 4.90 Å². The van der Waals surface area contributed by atoms with E-state index >= 15 is 0 Å².